The Kier molecular flexibility index (Phi) is 10.7. The summed E-state index contributed by atoms with van der Waals surface area (Å²) in [6.07, 6.45) is 9.09. The Balaban J connectivity index is 0.00000253. The molecule has 2 amide bonds. The number of benzene rings is 1. The van der Waals surface area contributed by atoms with E-state index < -0.39 is 35.2 Å². The minimum Gasteiger partial charge on any atom is -0.490 e. The van der Waals surface area contributed by atoms with E-state index in [2.05, 4.69) is 4.98 Å². The van der Waals surface area contributed by atoms with Crippen LogP contribution in [0.2, 0.25) is 0 Å². The minimum absolute atomic E-state index is 0. The number of piperazine rings is 1. The van der Waals surface area contributed by atoms with Crippen LogP contribution in [0.3, 0.4) is 0 Å². The number of alkyl halides is 1. The molecule has 0 saturated carbocycles. The van der Waals surface area contributed by atoms with Gasteiger partial charge >= 0.3 is 6.09 Å². The predicted octanol–water partition coefficient (Wildman–Crippen LogP) is 5.37. The summed E-state index contributed by atoms with van der Waals surface area (Å²) in [5.74, 6) is -0.891. The molecule has 38 heavy (non-hydrogen) atoms. The number of rotatable bonds is 5. The van der Waals surface area contributed by atoms with Crippen LogP contribution in [0.15, 0.2) is 79.2 Å². The van der Waals surface area contributed by atoms with Gasteiger partial charge in [0.15, 0.2) is 0 Å². The van der Waals surface area contributed by atoms with Gasteiger partial charge in [-0.2, -0.15) is 0 Å². The molecule has 0 spiro atoms. The molecule has 4 rings (SSSR count). The summed E-state index contributed by atoms with van der Waals surface area (Å²) in [4.78, 5) is 33.7. The molecule has 1 aromatic carbocycles. The van der Waals surface area contributed by atoms with Gasteiger partial charge in [-0.25, -0.2) is 9.18 Å². The lowest BCUT2D eigenvalue weighted by atomic mass is 9.79. The van der Waals surface area contributed by atoms with Gasteiger partial charge in [0.2, 0.25) is 5.67 Å². The highest BCUT2D eigenvalue weighted by Gasteiger charge is 2.49. The number of carbonyl (C=O) groups is 2. The average Bonchev–Trinajstić information content (AvgIpc) is 2.87. The number of ether oxygens (including phenoxy) is 2. The Morgan fingerprint density at radius 3 is 2.47 bits per heavy atom. The molecule has 1 aromatic heterocycles. The van der Waals surface area contributed by atoms with Crippen molar-refractivity contribution in [2.75, 3.05) is 26.2 Å². The van der Waals surface area contributed by atoms with Crippen LogP contribution in [-0.4, -0.2) is 70.3 Å². The molecule has 2 aromatic rings. The lowest BCUT2D eigenvalue weighted by Crippen LogP contribution is -2.62. The van der Waals surface area contributed by atoms with E-state index in [1.165, 1.54) is 11.0 Å². The van der Waals surface area contributed by atoms with Gasteiger partial charge in [0.05, 0.1) is 12.2 Å². The lowest BCUT2D eigenvalue weighted by molar-refractivity contribution is -0.147. The highest BCUT2D eigenvalue weighted by molar-refractivity contribution is 5.90. The SMILES string of the molecule is CC(C)(C)OC(=O)N1CCN(C(=O)C2(F)C=CC=CC2c2ccccc2)C(COc2cccnc2)C1.Cl.Cl. The molecule has 0 radical (unpaired) electrons. The molecule has 1 aliphatic carbocycles. The Hall–Kier alpha value is -3.10. The number of nitrogens with zero attached hydrogens (tertiary/aromatic N) is 3. The molecule has 206 valence electrons. The topological polar surface area (TPSA) is 72.0 Å². The third-order valence-corrected chi connectivity index (χ3v) is 6.16. The summed E-state index contributed by atoms with van der Waals surface area (Å²) in [6, 6.07) is 12.1. The number of hydrogen-bond donors (Lipinski definition) is 0. The molecule has 1 fully saturated rings. The highest BCUT2D eigenvalue weighted by Crippen LogP contribution is 2.39. The number of amides is 2. The van der Waals surface area contributed by atoms with Gasteiger partial charge in [-0.15, -0.1) is 24.8 Å². The smallest absolute Gasteiger partial charge is 0.410 e. The first-order valence-corrected chi connectivity index (χ1v) is 12.1. The molecule has 7 nitrogen and oxygen atoms in total. The molecule has 3 atom stereocenters. The summed E-state index contributed by atoms with van der Waals surface area (Å²) in [6.45, 7) is 6.02. The van der Waals surface area contributed by atoms with Crippen molar-refractivity contribution in [3.8, 4) is 5.75 Å². The number of hydrogen-bond acceptors (Lipinski definition) is 5. The minimum atomic E-state index is -2.27. The van der Waals surface area contributed by atoms with E-state index in [-0.39, 0.29) is 51.1 Å². The number of carbonyl (C=O) groups excluding carboxylic acids is 2. The van der Waals surface area contributed by atoms with Crippen LogP contribution in [-0.2, 0) is 9.53 Å². The summed E-state index contributed by atoms with van der Waals surface area (Å²) in [7, 11) is 0. The van der Waals surface area contributed by atoms with Crippen LogP contribution in [0.1, 0.15) is 32.3 Å². The van der Waals surface area contributed by atoms with Crippen molar-refractivity contribution in [3.63, 3.8) is 0 Å². The zero-order valence-corrected chi connectivity index (χ0v) is 23.3. The zero-order valence-electron chi connectivity index (χ0n) is 21.7. The predicted molar refractivity (Wildman–Crippen MR) is 149 cm³/mol. The largest absolute Gasteiger partial charge is 0.490 e. The Morgan fingerprint density at radius 2 is 1.82 bits per heavy atom. The molecule has 2 aliphatic rings. The van der Waals surface area contributed by atoms with E-state index >= 15 is 4.39 Å². The number of aromatic nitrogens is 1. The zero-order chi connectivity index (χ0) is 25.8. The average molecular weight is 567 g/mol. The van der Waals surface area contributed by atoms with E-state index in [1.54, 1.807) is 68.4 Å². The highest BCUT2D eigenvalue weighted by atomic mass is 35.5. The first-order valence-electron chi connectivity index (χ1n) is 12.1. The number of halogens is 3. The van der Waals surface area contributed by atoms with Crippen molar-refractivity contribution >= 4 is 36.8 Å². The van der Waals surface area contributed by atoms with Crippen LogP contribution >= 0.6 is 24.8 Å². The Morgan fingerprint density at radius 1 is 1.08 bits per heavy atom. The van der Waals surface area contributed by atoms with Crippen LogP contribution in [0.4, 0.5) is 9.18 Å². The molecule has 0 bridgehead atoms. The maximum atomic E-state index is 16.6. The number of allylic oxidation sites excluding steroid dienone is 3. The van der Waals surface area contributed by atoms with Crippen LogP contribution < -0.4 is 4.74 Å². The van der Waals surface area contributed by atoms with Gasteiger partial charge in [0.25, 0.3) is 5.91 Å². The van der Waals surface area contributed by atoms with Crippen molar-refractivity contribution < 1.29 is 23.5 Å². The molecule has 10 heteroatoms. The van der Waals surface area contributed by atoms with Crippen molar-refractivity contribution in [3.05, 3.63) is 84.7 Å². The normalized spacial score (nSPS) is 22.6. The van der Waals surface area contributed by atoms with Gasteiger partial charge in [-0.3, -0.25) is 9.78 Å². The van der Waals surface area contributed by atoms with Crippen LogP contribution in [0.25, 0.3) is 0 Å². The third-order valence-electron chi connectivity index (χ3n) is 6.16. The molecular weight excluding hydrogens is 532 g/mol. The first kappa shape index (κ1) is 31.1. The van der Waals surface area contributed by atoms with Gasteiger partial charge in [0.1, 0.15) is 18.0 Å². The molecule has 0 N–H and O–H groups in total. The van der Waals surface area contributed by atoms with Gasteiger partial charge in [0, 0.05) is 31.7 Å². The maximum Gasteiger partial charge on any atom is 0.410 e. The van der Waals surface area contributed by atoms with E-state index in [0.29, 0.717) is 11.3 Å². The molecule has 1 aliphatic heterocycles. The maximum absolute atomic E-state index is 16.6. The standard InChI is InChI=1S/C28H32FN3O4.2ClH/c1-27(2,3)36-26(34)31-16-17-32(22(19-31)20-35-23-12-9-15-30-18-23)25(33)28(29)14-8-7-13-24(28)21-10-5-4-6-11-21;;/h4-15,18,22,24H,16-17,19-20H2,1-3H3;2*1H. The van der Waals surface area contributed by atoms with Gasteiger partial charge in [-0.1, -0.05) is 48.6 Å². The summed E-state index contributed by atoms with van der Waals surface area (Å²) in [5, 5.41) is 0. The van der Waals surface area contributed by atoms with Crippen molar-refractivity contribution in [2.45, 2.75) is 44.0 Å². The second-order valence-corrected chi connectivity index (χ2v) is 9.98. The Bertz CT molecular complexity index is 1130. The summed E-state index contributed by atoms with van der Waals surface area (Å²) >= 11 is 0. The molecule has 3 unspecified atom stereocenters. The van der Waals surface area contributed by atoms with Crippen molar-refractivity contribution in [2.24, 2.45) is 0 Å². The van der Waals surface area contributed by atoms with Crippen LogP contribution in [0.5, 0.6) is 5.75 Å². The quantitative estimate of drug-likeness (QED) is 0.487. The van der Waals surface area contributed by atoms with Crippen LogP contribution in [0, 0.1) is 0 Å². The van der Waals surface area contributed by atoms with Gasteiger partial charge in [-0.05, 0) is 44.5 Å². The monoisotopic (exact) mass is 565 g/mol. The molecule has 1 saturated heterocycles. The number of pyridine rings is 1. The fourth-order valence-electron chi connectivity index (χ4n) is 4.44. The fraction of sp³-hybridized carbons (Fsp3) is 0.393. The van der Waals surface area contributed by atoms with E-state index in [9.17, 15) is 9.59 Å². The lowest BCUT2D eigenvalue weighted by Gasteiger charge is -2.44. The van der Waals surface area contributed by atoms with E-state index in [1.807, 2.05) is 30.3 Å². The van der Waals surface area contributed by atoms with E-state index in [0.717, 1.165) is 0 Å². The van der Waals surface area contributed by atoms with E-state index in [4.69, 9.17) is 9.47 Å². The second kappa shape index (κ2) is 13.1. The fourth-order valence-corrected chi connectivity index (χ4v) is 4.44. The second-order valence-electron chi connectivity index (χ2n) is 9.98. The molecular formula is C28H34Cl2FN3O4. The molecule has 2 heterocycles. The summed E-state index contributed by atoms with van der Waals surface area (Å²) in [5.41, 5.74) is -2.21. The van der Waals surface area contributed by atoms with Gasteiger partial charge < -0.3 is 19.3 Å². The Labute approximate surface area is 235 Å². The summed E-state index contributed by atoms with van der Waals surface area (Å²) < 4.78 is 28.1. The van der Waals surface area contributed by atoms with Crippen molar-refractivity contribution in [1.82, 2.24) is 14.8 Å². The first-order chi connectivity index (χ1) is 17.2. The third kappa shape index (κ3) is 7.26. The van der Waals surface area contributed by atoms with Crippen molar-refractivity contribution in [1.29, 1.82) is 0 Å².